The average molecular weight is 241 g/mol. The summed E-state index contributed by atoms with van der Waals surface area (Å²) >= 11 is 1.64. The van der Waals surface area contributed by atoms with E-state index in [1.807, 2.05) is 32.4 Å². The average Bonchev–Trinajstić information content (AvgIpc) is 2.27. The Kier molecular flexibility index (Phi) is 4.89. The molecule has 1 heterocycles. The highest BCUT2D eigenvalue weighted by Gasteiger charge is 2.18. The van der Waals surface area contributed by atoms with Gasteiger partial charge in [-0.1, -0.05) is 0 Å². The summed E-state index contributed by atoms with van der Waals surface area (Å²) in [5.41, 5.74) is 0.267. The van der Waals surface area contributed by atoms with Crippen LogP contribution in [0, 0.1) is 0 Å². The van der Waals surface area contributed by atoms with Crippen molar-refractivity contribution in [3.05, 3.63) is 18.3 Å². The molecule has 90 valence electrons. The Hall–Kier alpha value is -0.940. The lowest BCUT2D eigenvalue weighted by Crippen LogP contribution is -2.36. The van der Waals surface area contributed by atoms with Gasteiger partial charge in [-0.15, -0.1) is 0 Å². The summed E-state index contributed by atoms with van der Waals surface area (Å²) in [4.78, 5) is 4.12. The third kappa shape index (κ3) is 4.28. The van der Waals surface area contributed by atoms with Crippen molar-refractivity contribution in [3.63, 3.8) is 0 Å². The normalized spacial score (nSPS) is 14.2. The molecule has 1 unspecified atom stereocenters. The number of hydrogen-bond donors (Lipinski definition) is 3. The summed E-state index contributed by atoms with van der Waals surface area (Å²) in [6.07, 6.45) is 3.72. The first-order valence-electron chi connectivity index (χ1n) is 5.16. The summed E-state index contributed by atoms with van der Waals surface area (Å²) in [7, 11) is 1.83. The quantitative estimate of drug-likeness (QED) is 0.707. The maximum atomic E-state index is 9.99. The van der Waals surface area contributed by atoms with Gasteiger partial charge in [0.25, 0.3) is 0 Å². The zero-order chi connectivity index (χ0) is 12.0. The Balaban J connectivity index is 2.53. The fraction of sp³-hybridized carbons (Fsp3) is 0.545. The van der Waals surface area contributed by atoms with Gasteiger partial charge in [-0.05, 0) is 19.2 Å². The monoisotopic (exact) mass is 241 g/mol. The van der Waals surface area contributed by atoms with E-state index in [4.69, 9.17) is 0 Å². The molecule has 1 aromatic heterocycles. The van der Waals surface area contributed by atoms with E-state index in [1.165, 1.54) is 0 Å². The van der Waals surface area contributed by atoms with Crippen LogP contribution < -0.4 is 10.6 Å². The highest BCUT2D eigenvalue weighted by atomic mass is 32.2. The second kappa shape index (κ2) is 5.96. The Morgan fingerprint density at radius 3 is 2.94 bits per heavy atom. The number of nitrogens with zero attached hydrogens (tertiary/aromatic N) is 1. The number of hydrogen-bond acceptors (Lipinski definition) is 5. The van der Waals surface area contributed by atoms with Gasteiger partial charge in [0, 0.05) is 37.3 Å². The van der Waals surface area contributed by atoms with Crippen LogP contribution in [-0.4, -0.2) is 41.3 Å². The van der Waals surface area contributed by atoms with Crippen molar-refractivity contribution in [1.82, 2.24) is 4.98 Å². The topological polar surface area (TPSA) is 57.2 Å². The van der Waals surface area contributed by atoms with Crippen molar-refractivity contribution in [1.29, 1.82) is 0 Å². The van der Waals surface area contributed by atoms with E-state index in [0.717, 1.165) is 11.5 Å². The highest BCUT2D eigenvalue weighted by molar-refractivity contribution is 7.98. The summed E-state index contributed by atoms with van der Waals surface area (Å²) in [5, 5.41) is 16.2. The molecule has 0 fully saturated rings. The summed E-state index contributed by atoms with van der Waals surface area (Å²) in [5.74, 6) is 1.53. The first kappa shape index (κ1) is 13.1. The minimum Gasteiger partial charge on any atom is -0.387 e. The standard InChI is InChI=1S/C11H19N3OS/c1-11(15,8-16-3)7-14-9-4-5-13-10(6-9)12-2/h4-6,15H,7-8H2,1-3H3,(H2,12,13,14). The van der Waals surface area contributed by atoms with Crippen LogP contribution in [0.3, 0.4) is 0 Å². The molecule has 1 rings (SSSR count). The Morgan fingerprint density at radius 2 is 2.31 bits per heavy atom. The molecule has 5 heteroatoms. The van der Waals surface area contributed by atoms with E-state index in [1.54, 1.807) is 18.0 Å². The van der Waals surface area contributed by atoms with E-state index in [0.29, 0.717) is 12.3 Å². The van der Waals surface area contributed by atoms with E-state index < -0.39 is 5.60 Å². The van der Waals surface area contributed by atoms with Gasteiger partial charge in [0.1, 0.15) is 5.82 Å². The van der Waals surface area contributed by atoms with Gasteiger partial charge in [-0.25, -0.2) is 4.98 Å². The first-order chi connectivity index (χ1) is 7.57. The number of thioether (sulfide) groups is 1. The van der Waals surface area contributed by atoms with E-state index in [-0.39, 0.29) is 0 Å². The fourth-order valence-corrected chi connectivity index (χ4v) is 2.06. The van der Waals surface area contributed by atoms with Crippen molar-refractivity contribution < 1.29 is 5.11 Å². The van der Waals surface area contributed by atoms with Gasteiger partial charge < -0.3 is 15.7 Å². The Morgan fingerprint density at radius 1 is 1.56 bits per heavy atom. The second-order valence-electron chi connectivity index (χ2n) is 3.96. The SMILES string of the molecule is CNc1cc(NCC(C)(O)CSC)ccn1. The van der Waals surface area contributed by atoms with E-state index in [2.05, 4.69) is 15.6 Å². The summed E-state index contributed by atoms with van der Waals surface area (Å²) in [6, 6.07) is 3.80. The predicted octanol–water partition coefficient (Wildman–Crippen LogP) is 1.65. The minimum absolute atomic E-state index is 0.529. The van der Waals surface area contributed by atoms with Gasteiger partial charge in [0.2, 0.25) is 0 Å². The largest absolute Gasteiger partial charge is 0.387 e. The summed E-state index contributed by atoms with van der Waals surface area (Å²) < 4.78 is 0. The van der Waals surface area contributed by atoms with Gasteiger partial charge in [-0.3, -0.25) is 0 Å². The van der Waals surface area contributed by atoms with Crippen LogP contribution >= 0.6 is 11.8 Å². The summed E-state index contributed by atoms with van der Waals surface area (Å²) in [6.45, 7) is 2.36. The number of anilines is 2. The zero-order valence-electron chi connectivity index (χ0n) is 9.95. The van der Waals surface area contributed by atoms with Gasteiger partial charge in [0.15, 0.2) is 0 Å². The van der Waals surface area contributed by atoms with Crippen LogP contribution in [0.5, 0.6) is 0 Å². The third-order valence-electron chi connectivity index (χ3n) is 2.14. The van der Waals surface area contributed by atoms with Crippen LogP contribution in [0.4, 0.5) is 11.5 Å². The zero-order valence-corrected chi connectivity index (χ0v) is 10.8. The van der Waals surface area contributed by atoms with Gasteiger partial charge in [-0.2, -0.15) is 11.8 Å². The number of aromatic nitrogens is 1. The third-order valence-corrected chi connectivity index (χ3v) is 3.06. The maximum Gasteiger partial charge on any atom is 0.127 e. The van der Waals surface area contributed by atoms with Gasteiger partial charge in [0.05, 0.1) is 5.60 Å². The predicted molar refractivity (Wildman–Crippen MR) is 71.3 cm³/mol. The maximum absolute atomic E-state index is 9.99. The fourth-order valence-electron chi connectivity index (χ4n) is 1.33. The molecule has 0 saturated heterocycles. The van der Waals surface area contributed by atoms with Crippen LogP contribution in [0.25, 0.3) is 0 Å². The molecular weight excluding hydrogens is 222 g/mol. The lowest BCUT2D eigenvalue weighted by atomic mass is 10.1. The van der Waals surface area contributed by atoms with Crippen molar-refractivity contribution in [2.24, 2.45) is 0 Å². The highest BCUT2D eigenvalue weighted by Crippen LogP contribution is 2.15. The number of aliphatic hydroxyl groups is 1. The van der Waals surface area contributed by atoms with Crippen LogP contribution in [0.2, 0.25) is 0 Å². The molecule has 0 aliphatic heterocycles. The molecule has 0 aliphatic rings. The molecular formula is C11H19N3OS. The molecule has 0 aromatic carbocycles. The number of nitrogens with one attached hydrogen (secondary N) is 2. The van der Waals surface area contributed by atoms with Crippen molar-refractivity contribution in [2.45, 2.75) is 12.5 Å². The van der Waals surface area contributed by atoms with Crippen molar-refractivity contribution in [2.75, 3.05) is 36.2 Å². The molecule has 3 N–H and O–H groups in total. The molecule has 16 heavy (non-hydrogen) atoms. The Bertz CT molecular complexity index is 331. The lowest BCUT2D eigenvalue weighted by molar-refractivity contribution is 0.0997. The molecule has 0 aliphatic carbocycles. The minimum atomic E-state index is -0.692. The van der Waals surface area contributed by atoms with Crippen LogP contribution in [-0.2, 0) is 0 Å². The molecule has 0 amide bonds. The Labute approximate surface area is 101 Å². The molecule has 0 bridgehead atoms. The molecule has 4 nitrogen and oxygen atoms in total. The van der Waals surface area contributed by atoms with E-state index >= 15 is 0 Å². The smallest absolute Gasteiger partial charge is 0.127 e. The number of rotatable bonds is 6. The molecule has 1 aromatic rings. The molecule has 0 spiro atoms. The molecule has 1 atom stereocenters. The molecule has 0 radical (unpaired) electrons. The van der Waals surface area contributed by atoms with E-state index in [9.17, 15) is 5.11 Å². The lowest BCUT2D eigenvalue weighted by Gasteiger charge is -2.23. The second-order valence-corrected chi connectivity index (χ2v) is 4.83. The molecule has 0 saturated carbocycles. The number of pyridine rings is 1. The van der Waals surface area contributed by atoms with Crippen LogP contribution in [0.1, 0.15) is 6.92 Å². The van der Waals surface area contributed by atoms with Crippen LogP contribution in [0.15, 0.2) is 18.3 Å². The van der Waals surface area contributed by atoms with Crippen molar-refractivity contribution >= 4 is 23.3 Å². The first-order valence-corrected chi connectivity index (χ1v) is 6.56. The van der Waals surface area contributed by atoms with Crippen molar-refractivity contribution in [3.8, 4) is 0 Å². The van der Waals surface area contributed by atoms with Gasteiger partial charge >= 0.3 is 0 Å².